The summed E-state index contributed by atoms with van der Waals surface area (Å²) in [4.78, 5) is 15.4. The molecule has 1 aromatic heterocycles. The number of ether oxygens (including phenoxy) is 1. The summed E-state index contributed by atoms with van der Waals surface area (Å²) in [5, 5.41) is 14.4. The zero-order chi connectivity index (χ0) is 26.2. The Morgan fingerprint density at radius 2 is 1.95 bits per heavy atom. The fourth-order valence-electron chi connectivity index (χ4n) is 5.65. The van der Waals surface area contributed by atoms with Gasteiger partial charge in [-0.1, -0.05) is 36.4 Å². The number of carbonyl (C=O) groups excluding carboxylic acids is 1. The Kier molecular flexibility index (Phi) is 6.40. The van der Waals surface area contributed by atoms with E-state index in [4.69, 9.17) is 4.74 Å². The topological polar surface area (TPSA) is 67.6 Å². The summed E-state index contributed by atoms with van der Waals surface area (Å²) >= 11 is 0. The normalized spacial score (nSPS) is 17.6. The van der Waals surface area contributed by atoms with E-state index in [0.29, 0.717) is 37.8 Å². The minimum Gasteiger partial charge on any atom is -0.508 e. The Balaban J connectivity index is 1.16. The Morgan fingerprint density at radius 1 is 1.11 bits per heavy atom. The van der Waals surface area contributed by atoms with E-state index in [1.807, 2.05) is 46.1 Å². The SMILES string of the molecule is Cc1cccc(OCCCC(=O)N2C[C@@H]3C[C@@H]3c3c(-c4cnn(Cc5cccc(O)c5)c4)cccc32)c1C. The van der Waals surface area contributed by atoms with Crippen molar-refractivity contribution in [1.82, 2.24) is 9.78 Å². The van der Waals surface area contributed by atoms with Crippen molar-refractivity contribution in [1.29, 1.82) is 0 Å². The lowest BCUT2D eigenvalue weighted by Gasteiger charge is -2.30. The number of carbonyl (C=O) groups is 1. The quantitative estimate of drug-likeness (QED) is 0.287. The molecule has 2 atom stereocenters. The molecule has 1 fully saturated rings. The zero-order valence-corrected chi connectivity index (χ0v) is 21.9. The number of hydrogen-bond donors (Lipinski definition) is 1. The van der Waals surface area contributed by atoms with Crippen molar-refractivity contribution in [2.75, 3.05) is 18.1 Å². The molecule has 0 unspecified atom stereocenters. The molecule has 2 heterocycles. The first-order chi connectivity index (χ1) is 18.5. The van der Waals surface area contributed by atoms with Crippen LogP contribution in [0.15, 0.2) is 73.1 Å². The Hall–Kier alpha value is -4.06. The number of rotatable bonds is 8. The van der Waals surface area contributed by atoms with Gasteiger partial charge in [0, 0.05) is 30.4 Å². The smallest absolute Gasteiger partial charge is 0.227 e. The average molecular weight is 508 g/mol. The highest BCUT2D eigenvalue weighted by atomic mass is 16.5. The molecule has 0 saturated heterocycles. The molecule has 3 aromatic carbocycles. The summed E-state index contributed by atoms with van der Waals surface area (Å²) in [6, 6.07) is 19.6. The van der Waals surface area contributed by atoms with E-state index >= 15 is 0 Å². The van der Waals surface area contributed by atoms with E-state index in [1.165, 1.54) is 11.1 Å². The fraction of sp³-hybridized carbons (Fsp3) is 0.312. The molecular weight excluding hydrogens is 474 g/mol. The standard InChI is InChI=1S/C32H33N3O3/c1-21-7-3-12-30(22(21)2)38-14-6-13-31(37)35-20-24-16-28(24)32-27(10-5-11-29(32)35)25-17-33-34(19-25)18-23-8-4-9-26(36)15-23/h3-5,7-12,15,17,19,24,28,36H,6,13-14,16,18,20H2,1-2H3/t24-,28-/m0/s1. The molecule has 0 radical (unpaired) electrons. The van der Waals surface area contributed by atoms with Crippen LogP contribution < -0.4 is 9.64 Å². The number of phenols is 1. The van der Waals surface area contributed by atoms with Gasteiger partial charge in [0.2, 0.25) is 5.91 Å². The Bertz CT molecular complexity index is 1490. The maximum atomic E-state index is 13.4. The number of aromatic hydroxyl groups is 1. The number of aromatic nitrogens is 2. The molecule has 0 spiro atoms. The second-order valence-electron chi connectivity index (χ2n) is 10.6. The molecule has 0 bridgehead atoms. The Morgan fingerprint density at radius 3 is 2.82 bits per heavy atom. The number of phenolic OH excluding ortho intramolecular Hbond substituents is 1. The minimum atomic E-state index is 0.165. The molecule has 38 heavy (non-hydrogen) atoms. The predicted molar refractivity (Wildman–Crippen MR) is 149 cm³/mol. The molecule has 1 aliphatic carbocycles. The number of aryl methyl sites for hydroxylation is 1. The van der Waals surface area contributed by atoms with Gasteiger partial charge in [0.25, 0.3) is 0 Å². The summed E-state index contributed by atoms with van der Waals surface area (Å²) in [6.07, 6.45) is 6.24. The van der Waals surface area contributed by atoms with E-state index in [0.717, 1.165) is 46.7 Å². The van der Waals surface area contributed by atoms with Gasteiger partial charge in [-0.15, -0.1) is 0 Å². The van der Waals surface area contributed by atoms with Gasteiger partial charge in [-0.05, 0) is 90.6 Å². The molecule has 6 heteroatoms. The number of fused-ring (bicyclic) bond motifs is 3. The highest BCUT2D eigenvalue weighted by Gasteiger charge is 2.47. The first-order valence-electron chi connectivity index (χ1n) is 13.4. The third kappa shape index (κ3) is 4.78. The highest BCUT2D eigenvalue weighted by Crippen LogP contribution is 2.57. The van der Waals surface area contributed by atoms with Crippen molar-refractivity contribution in [2.45, 2.75) is 45.6 Å². The number of hydrogen-bond acceptors (Lipinski definition) is 4. The molecule has 6 nitrogen and oxygen atoms in total. The van der Waals surface area contributed by atoms with Gasteiger partial charge in [-0.2, -0.15) is 5.10 Å². The van der Waals surface area contributed by atoms with Gasteiger partial charge in [-0.3, -0.25) is 9.48 Å². The lowest BCUT2D eigenvalue weighted by molar-refractivity contribution is -0.118. The zero-order valence-electron chi connectivity index (χ0n) is 21.9. The number of nitrogens with zero attached hydrogens (tertiary/aromatic N) is 3. The highest BCUT2D eigenvalue weighted by molar-refractivity contribution is 5.96. The number of anilines is 1. The van der Waals surface area contributed by atoms with Crippen LogP contribution in [0.2, 0.25) is 0 Å². The molecule has 194 valence electrons. The van der Waals surface area contributed by atoms with Gasteiger partial charge in [0.15, 0.2) is 0 Å². The van der Waals surface area contributed by atoms with Crippen LogP contribution in [0.1, 0.15) is 47.4 Å². The summed E-state index contributed by atoms with van der Waals surface area (Å²) in [7, 11) is 0. The van der Waals surface area contributed by atoms with E-state index in [-0.39, 0.29) is 11.7 Å². The average Bonchev–Trinajstić information content (AvgIpc) is 3.56. The van der Waals surface area contributed by atoms with Gasteiger partial charge in [0.1, 0.15) is 11.5 Å². The molecule has 6 rings (SSSR count). The first kappa shape index (κ1) is 24.3. The van der Waals surface area contributed by atoms with Crippen molar-refractivity contribution < 1.29 is 14.6 Å². The van der Waals surface area contributed by atoms with Crippen molar-refractivity contribution >= 4 is 11.6 Å². The molecule has 4 aromatic rings. The maximum Gasteiger partial charge on any atom is 0.227 e. The van der Waals surface area contributed by atoms with Crippen LogP contribution in [0.4, 0.5) is 5.69 Å². The second kappa shape index (κ2) is 10.0. The van der Waals surface area contributed by atoms with E-state index in [2.05, 4.69) is 43.3 Å². The van der Waals surface area contributed by atoms with Gasteiger partial charge >= 0.3 is 0 Å². The summed E-state index contributed by atoms with van der Waals surface area (Å²) in [5.74, 6) is 2.36. The van der Waals surface area contributed by atoms with Crippen molar-refractivity contribution in [3.63, 3.8) is 0 Å². The van der Waals surface area contributed by atoms with Crippen molar-refractivity contribution in [3.8, 4) is 22.6 Å². The first-order valence-corrected chi connectivity index (χ1v) is 13.4. The lowest BCUT2D eigenvalue weighted by atomic mass is 9.92. The minimum absolute atomic E-state index is 0.165. The molecule has 2 aliphatic rings. The molecule has 1 N–H and O–H groups in total. The van der Waals surface area contributed by atoms with Gasteiger partial charge in [0.05, 0.1) is 19.3 Å². The third-order valence-corrected chi connectivity index (χ3v) is 7.93. The van der Waals surface area contributed by atoms with Crippen LogP contribution in [-0.2, 0) is 11.3 Å². The third-order valence-electron chi connectivity index (χ3n) is 7.93. The van der Waals surface area contributed by atoms with Crippen molar-refractivity contribution in [2.24, 2.45) is 5.92 Å². The number of benzene rings is 3. The van der Waals surface area contributed by atoms with E-state index < -0.39 is 0 Å². The van der Waals surface area contributed by atoms with Crippen LogP contribution in [-0.4, -0.2) is 33.9 Å². The van der Waals surface area contributed by atoms with E-state index in [1.54, 1.807) is 12.1 Å². The summed E-state index contributed by atoms with van der Waals surface area (Å²) < 4.78 is 7.89. The molecule has 1 aliphatic heterocycles. The van der Waals surface area contributed by atoms with E-state index in [9.17, 15) is 9.90 Å². The predicted octanol–water partition coefficient (Wildman–Crippen LogP) is 6.23. The lowest BCUT2D eigenvalue weighted by Crippen LogP contribution is -2.36. The molecule has 1 saturated carbocycles. The molecule has 1 amide bonds. The maximum absolute atomic E-state index is 13.4. The monoisotopic (exact) mass is 507 g/mol. The van der Waals surface area contributed by atoms with Crippen LogP contribution in [0.5, 0.6) is 11.5 Å². The van der Waals surface area contributed by atoms with Crippen LogP contribution in [0.25, 0.3) is 11.1 Å². The van der Waals surface area contributed by atoms with Crippen LogP contribution in [0.3, 0.4) is 0 Å². The Labute approximate surface area is 223 Å². The van der Waals surface area contributed by atoms with Crippen molar-refractivity contribution in [3.05, 3.63) is 95.3 Å². The fourth-order valence-corrected chi connectivity index (χ4v) is 5.65. The van der Waals surface area contributed by atoms with Crippen LogP contribution >= 0.6 is 0 Å². The largest absolute Gasteiger partial charge is 0.508 e. The van der Waals surface area contributed by atoms with Gasteiger partial charge in [-0.25, -0.2) is 0 Å². The van der Waals surface area contributed by atoms with Crippen LogP contribution in [0, 0.1) is 19.8 Å². The summed E-state index contributed by atoms with van der Waals surface area (Å²) in [5.41, 5.74) is 7.90. The number of amides is 1. The second-order valence-corrected chi connectivity index (χ2v) is 10.6. The molecular formula is C32H33N3O3. The van der Waals surface area contributed by atoms with Gasteiger partial charge < -0.3 is 14.7 Å². The summed E-state index contributed by atoms with van der Waals surface area (Å²) in [6.45, 7) is 6.07.